The average Bonchev–Trinajstić information content (AvgIpc) is 2.31. The molecule has 0 nitrogen and oxygen atoms in total. The lowest BCUT2D eigenvalue weighted by Gasteiger charge is -2.14. The first kappa shape index (κ1) is 10.4. The average molecular weight is 237 g/mol. The summed E-state index contributed by atoms with van der Waals surface area (Å²) in [6.45, 7) is 0. The van der Waals surface area contributed by atoms with Gasteiger partial charge in [0, 0.05) is 0 Å². The van der Waals surface area contributed by atoms with E-state index in [2.05, 4.69) is 0 Å². The van der Waals surface area contributed by atoms with Gasteiger partial charge in [-0.15, -0.1) is 11.1 Å². The molecule has 0 aliphatic heterocycles. The van der Waals surface area contributed by atoms with Crippen molar-refractivity contribution in [1.29, 1.82) is 0 Å². The largest absolute Gasteiger partial charge is 0.401 e. The molecule has 15 heavy (non-hydrogen) atoms. The fourth-order valence-corrected chi connectivity index (χ4v) is 3.77. The molecule has 0 bridgehead atoms. The summed E-state index contributed by atoms with van der Waals surface area (Å²) >= 11 is 6.06. The van der Waals surface area contributed by atoms with Crippen LogP contribution in [0.5, 0.6) is 0 Å². The lowest BCUT2D eigenvalue weighted by molar-refractivity contribution is 0.853. The molecule has 3 heteroatoms. The molecule has 0 saturated carbocycles. The van der Waals surface area contributed by atoms with Gasteiger partial charge in [-0.1, -0.05) is 60.7 Å². The van der Waals surface area contributed by atoms with E-state index in [0.29, 0.717) is 10.4 Å². The maximum Gasteiger partial charge on any atom is 0.401 e. The van der Waals surface area contributed by atoms with Crippen molar-refractivity contribution < 1.29 is 4.11 Å². The first-order valence-electron chi connectivity index (χ1n) is 4.70. The zero-order chi connectivity index (χ0) is 10.7. The van der Waals surface area contributed by atoms with Crippen molar-refractivity contribution in [2.24, 2.45) is 0 Å². The van der Waals surface area contributed by atoms with Crippen LogP contribution in [0.4, 0.5) is 4.11 Å². The molecule has 0 aliphatic rings. The lowest BCUT2D eigenvalue weighted by Crippen LogP contribution is -2.49. The van der Waals surface area contributed by atoms with E-state index in [1.807, 2.05) is 36.4 Å². The first-order chi connectivity index (χ1) is 7.21. The maximum atomic E-state index is 14.5. The van der Waals surface area contributed by atoms with E-state index in [1.54, 1.807) is 24.3 Å². The third-order valence-electron chi connectivity index (χ3n) is 2.27. The molecular formula is C12H10ClFSi. The maximum absolute atomic E-state index is 14.5. The van der Waals surface area contributed by atoms with Crippen molar-refractivity contribution in [2.75, 3.05) is 0 Å². The highest BCUT2D eigenvalue weighted by Gasteiger charge is 2.36. The molecule has 0 aliphatic carbocycles. The van der Waals surface area contributed by atoms with Crippen LogP contribution in [0.1, 0.15) is 0 Å². The summed E-state index contributed by atoms with van der Waals surface area (Å²) in [6.07, 6.45) is 0. The fraction of sp³-hybridized carbons (Fsp3) is 0. The molecule has 0 spiro atoms. The van der Waals surface area contributed by atoms with Crippen LogP contribution in [0, 0.1) is 0 Å². The van der Waals surface area contributed by atoms with Crippen LogP contribution in [0.25, 0.3) is 0 Å². The minimum Gasteiger partial charge on any atom is -0.281 e. The van der Waals surface area contributed by atoms with Gasteiger partial charge in [-0.3, -0.25) is 4.11 Å². The minimum atomic E-state index is -3.48. The predicted octanol–water partition coefficient (Wildman–Crippen LogP) is 2.45. The van der Waals surface area contributed by atoms with Gasteiger partial charge in [-0.2, -0.15) is 0 Å². The molecule has 0 fully saturated rings. The van der Waals surface area contributed by atoms with Gasteiger partial charge in [0.15, 0.2) is 0 Å². The topological polar surface area (TPSA) is 0 Å². The van der Waals surface area contributed by atoms with Crippen molar-refractivity contribution in [3.63, 3.8) is 0 Å². The lowest BCUT2D eigenvalue weighted by atomic mass is 10.4. The van der Waals surface area contributed by atoms with Crippen LogP contribution >= 0.6 is 11.1 Å². The first-order valence-corrected chi connectivity index (χ1v) is 7.59. The second kappa shape index (κ2) is 4.17. The van der Waals surface area contributed by atoms with Crippen LogP contribution in [0.2, 0.25) is 0 Å². The van der Waals surface area contributed by atoms with E-state index in [9.17, 15) is 4.11 Å². The van der Waals surface area contributed by atoms with Crippen molar-refractivity contribution >= 4 is 29.2 Å². The molecule has 0 atom stereocenters. The van der Waals surface area contributed by atoms with Gasteiger partial charge in [-0.25, -0.2) is 0 Å². The number of hydrogen-bond donors (Lipinski definition) is 0. The summed E-state index contributed by atoms with van der Waals surface area (Å²) < 4.78 is 14.5. The fourth-order valence-electron chi connectivity index (χ4n) is 1.46. The van der Waals surface area contributed by atoms with E-state index in [-0.39, 0.29) is 0 Å². The third-order valence-corrected chi connectivity index (χ3v) is 5.70. The van der Waals surface area contributed by atoms with Crippen LogP contribution in [0.15, 0.2) is 60.7 Å². The molecular weight excluding hydrogens is 227 g/mol. The molecule has 0 N–H and O–H groups in total. The Morgan fingerprint density at radius 3 is 1.40 bits per heavy atom. The van der Waals surface area contributed by atoms with Crippen LogP contribution in [0.3, 0.4) is 0 Å². The predicted molar refractivity (Wildman–Crippen MR) is 64.9 cm³/mol. The van der Waals surface area contributed by atoms with Crippen molar-refractivity contribution in [1.82, 2.24) is 0 Å². The van der Waals surface area contributed by atoms with Crippen LogP contribution < -0.4 is 10.4 Å². The Morgan fingerprint density at radius 1 is 0.733 bits per heavy atom. The van der Waals surface area contributed by atoms with Crippen molar-refractivity contribution in [3.05, 3.63) is 60.7 Å². The van der Waals surface area contributed by atoms with E-state index >= 15 is 0 Å². The minimum absolute atomic E-state index is 0.595. The number of halogens is 2. The highest BCUT2D eigenvalue weighted by Crippen LogP contribution is 2.11. The summed E-state index contributed by atoms with van der Waals surface area (Å²) in [7, 11) is -3.48. The molecule has 0 heterocycles. The van der Waals surface area contributed by atoms with Gasteiger partial charge in [0.2, 0.25) is 0 Å². The van der Waals surface area contributed by atoms with E-state index < -0.39 is 7.72 Å². The summed E-state index contributed by atoms with van der Waals surface area (Å²) in [6, 6.07) is 17.9. The Kier molecular flexibility index (Phi) is 2.89. The molecule has 0 radical (unpaired) electrons. The van der Waals surface area contributed by atoms with E-state index in [0.717, 1.165) is 0 Å². The molecule has 76 valence electrons. The Morgan fingerprint density at radius 2 is 1.07 bits per heavy atom. The number of rotatable bonds is 2. The van der Waals surface area contributed by atoms with Gasteiger partial charge in [0.05, 0.1) is 0 Å². The zero-order valence-corrected chi connectivity index (χ0v) is 9.79. The van der Waals surface area contributed by atoms with Gasteiger partial charge >= 0.3 is 7.72 Å². The van der Waals surface area contributed by atoms with E-state index in [4.69, 9.17) is 11.1 Å². The molecule has 2 aromatic carbocycles. The Hall–Kier alpha value is -1.12. The van der Waals surface area contributed by atoms with Gasteiger partial charge in [-0.05, 0) is 10.4 Å². The molecule has 0 aromatic heterocycles. The Balaban J connectivity index is 2.44. The molecule has 2 rings (SSSR count). The standard InChI is InChI=1S/C12H10ClFSi/c13-15(14,11-7-3-1-4-8-11)12-9-5-2-6-10-12/h1-10H. The SMILES string of the molecule is F[Si](Cl)(c1ccccc1)c1ccccc1. The summed E-state index contributed by atoms with van der Waals surface area (Å²) in [4.78, 5) is 0. The molecule has 0 unspecified atom stereocenters. The normalized spacial score (nSPS) is 11.3. The molecule has 2 aromatic rings. The number of benzene rings is 2. The second-order valence-electron chi connectivity index (χ2n) is 3.31. The van der Waals surface area contributed by atoms with Gasteiger partial charge < -0.3 is 0 Å². The van der Waals surface area contributed by atoms with Gasteiger partial charge in [0.1, 0.15) is 0 Å². The van der Waals surface area contributed by atoms with Crippen LogP contribution in [-0.2, 0) is 0 Å². The second-order valence-corrected chi connectivity index (χ2v) is 7.17. The van der Waals surface area contributed by atoms with Gasteiger partial charge in [0.25, 0.3) is 0 Å². The highest BCUT2D eigenvalue weighted by atomic mass is 35.6. The van der Waals surface area contributed by atoms with Crippen molar-refractivity contribution in [2.45, 2.75) is 0 Å². The molecule has 0 saturated heterocycles. The smallest absolute Gasteiger partial charge is 0.281 e. The highest BCUT2D eigenvalue weighted by molar-refractivity contribution is 7.30. The zero-order valence-electron chi connectivity index (χ0n) is 8.03. The quantitative estimate of drug-likeness (QED) is 0.555. The molecule has 0 amide bonds. The van der Waals surface area contributed by atoms with Crippen molar-refractivity contribution in [3.8, 4) is 0 Å². The summed E-state index contributed by atoms with van der Waals surface area (Å²) in [5.74, 6) is 0. The number of hydrogen-bond acceptors (Lipinski definition) is 0. The Labute approximate surface area is 94.2 Å². The summed E-state index contributed by atoms with van der Waals surface area (Å²) in [5, 5.41) is 1.19. The summed E-state index contributed by atoms with van der Waals surface area (Å²) in [5.41, 5.74) is 0. The Bertz CT molecular complexity index is 386. The third kappa shape index (κ3) is 2.11. The van der Waals surface area contributed by atoms with Crippen LogP contribution in [-0.4, -0.2) is 7.72 Å². The van der Waals surface area contributed by atoms with E-state index in [1.165, 1.54) is 0 Å². The monoisotopic (exact) mass is 236 g/mol.